The molecule has 0 saturated heterocycles. The topological polar surface area (TPSA) is 30.5 Å². The Morgan fingerprint density at radius 3 is 2.75 bits per heavy atom. The van der Waals surface area contributed by atoms with E-state index in [4.69, 9.17) is 9.47 Å². The standard InChI is InChI=1S/C13H27NO2/c1-12-5-3-6-13(12)11-14-7-4-8-16-10-9-15-2/h12-14H,3-11H2,1-2H3. The van der Waals surface area contributed by atoms with Gasteiger partial charge in [-0.2, -0.15) is 0 Å². The van der Waals surface area contributed by atoms with Crippen molar-refractivity contribution in [3.05, 3.63) is 0 Å². The van der Waals surface area contributed by atoms with Crippen LogP contribution in [-0.2, 0) is 9.47 Å². The second-order valence-electron chi connectivity index (χ2n) is 4.83. The van der Waals surface area contributed by atoms with Gasteiger partial charge >= 0.3 is 0 Å². The van der Waals surface area contributed by atoms with Gasteiger partial charge in [0.15, 0.2) is 0 Å². The molecule has 1 fully saturated rings. The first-order valence-corrected chi connectivity index (χ1v) is 6.62. The summed E-state index contributed by atoms with van der Waals surface area (Å²) in [6.45, 7) is 6.92. The van der Waals surface area contributed by atoms with Crippen LogP contribution in [0.1, 0.15) is 32.6 Å². The van der Waals surface area contributed by atoms with Gasteiger partial charge in [-0.1, -0.05) is 19.8 Å². The molecule has 0 bridgehead atoms. The largest absolute Gasteiger partial charge is 0.382 e. The van der Waals surface area contributed by atoms with Crippen molar-refractivity contribution in [2.45, 2.75) is 32.6 Å². The smallest absolute Gasteiger partial charge is 0.0700 e. The van der Waals surface area contributed by atoms with E-state index in [0.717, 1.165) is 38.0 Å². The van der Waals surface area contributed by atoms with Crippen molar-refractivity contribution in [3.63, 3.8) is 0 Å². The van der Waals surface area contributed by atoms with Crippen LogP contribution in [0.5, 0.6) is 0 Å². The molecule has 1 rings (SSSR count). The summed E-state index contributed by atoms with van der Waals surface area (Å²) in [6, 6.07) is 0. The van der Waals surface area contributed by atoms with Crippen LogP contribution in [0.25, 0.3) is 0 Å². The van der Waals surface area contributed by atoms with Gasteiger partial charge < -0.3 is 14.8 Å². The van der Waals surface area contributed by atoms with Gasteiger partial charge in [0.1, 0.15) is 0 Å². The van der Waals surface area contributed by atoms with Crippen LogP contribution in [-0.4, -0.2) is 40.0 Å². The Bertz CT molecular complexity index is 164. The fraction of sp³-hybridized carbons (Fsp3) is 1.00. The van der Waals surface area contributed by atoms with E-state index >= 15 is 0 Å². The van der Waals surface area contributed by atoms with Gasteiger partial charge in [-0.15, -0.1) is 0 Å². The minimum Gasteiger partial charge on any atom is -0.382 e. The minimum absolute atomic E-state index is 0.701. The Hall–Kier alpha value is -0.120. The van der Waals surface area contributed by atoms with Crippen LogP contribution >= 0.6 is 0 Å². The third kappa shape index (κ3) is 5.83. The molecule has 0 aliphatic heterocycles. The number of ether oxygens (including phenoxy) is 2. The summed E-state index contributed by atoms with van der Waals surface area (Å²) < 4.78 is 10.3. The van der Waals surface area contributed by atoms with Crippen molar-refractivity contribution in [1.29, 1.82) is 0 Å². The second kappa shape index (κ2) is 8.97. The Morgan fingerprint density at radius 2 is 2.06 bits per heavy atom. The lowest BCUT2D eigenvalue weighted by Crippen LogP contribution is -2.26. The maximum atomic E-state index is 5.40. The van der Waals surface area contributed by atoms with Crippen LogP contribution in [0.2, 0.25) is 0 Å². The van der Waals surface area contributed by atoms with E-state index < -0.39 is 0 Å². The molecule has 1 N–H and O–H groups in total. The summed E-state index contributed by atoms with van der Waals surface area (Å²) in [6.07, 6.45) is 5.36. The first kappa shape index (κ1) is 13.9. The van der Waals surface area contributed by atoms with Crippen molar-refractivity contribution in [1.82, 2.24) is 5.32 Å². The van der Waals surface area contributed by atoms with Crippen LogP contribution in [0, 0.1) is 11.8 Å². The van der Waals surface area contributed by atoms with Gasteiger partial charge in [0.25, 0.3) is 0 Å². The predicted molar refractivity (Wildman–Crippen MR) is 66.7 cm³/mol. The van der Waals surface area contributed by atoms with Crippen LogP contribution in [0.3, 0.4) is 0 Å². The summed E-state index contributed by atoms with van der Waals surface area (Å²) in [5.74, 6) is 1.83. The highest BCUT2D eigenvalue weighted by Gasteiger charge is 2.22. The van der Waals surface area contributed by atoms with Gasteiger partial charge in [0.05, 0.1) is 13.2 Å². The lowest BCUT2D eigenvalue weighted by atomic mass is 9.98. The first-order valence-electron chi connectivity index (χ1n) is 6.62. The van der Waals surface area contributed by atoms with Gasteiger partial charge in [0.2, 0.25) is 0 Å². The summed E-state index contributed by atoms with van der Waals surface area (Å²) in [7, 11) is 1.70. The Balaban J connectivity index is 1.81. The van der Waals surface area contributed by atoms with E-state index in [1.807, 2.05) is 0 Å². The van der Waals surface area contributed by atoms with Crippen molar-refractivity contribution in [2.75, 3.05) is 40.0 Å². The monoisotopic (exact) mass is 229 g/mol. The molecule has 0 aromatic carbocycles. The number of hydrogen-bond donors (Lipinski definition) is 1. The van der Waals surface area contributed by atoms with E-state index in [-0.39, 0.29) is 0 Å². The third-order valence-electron chi connectivity index (χ3n) is 3.52. The van der Waals surface area contributed by atoms with Gasteiger partial charge in [-0.05, 0) is 37.8 Å². The molecule has 1 aliphatic carbocycles. The van der Waals surface area contributed by atoms with Crippen LogP contribution < -0.4 is 5.32 Å². The molecule has 0 aromatic rings. The summed E-state index contributed by atoms with van der Waals surface area (Å²) in [5.41, 5.74) is 0. The van der Waals surface area contributed by atoms with E-state index in [0.29, 0.717) is 6.61 Å². The predicted octanol–water partition coefficient (Wildman–Crippen LogP) is 2.07. The molecule has 96 valence electrons. The zero-order valence-electron chi connectivity index (χ0n) is 10.8. The molecule has 0 heterocycles. The zero-order chi connectivity index (χ0) is 11.6. The van der Waals surface area contributed by atoms with E-state index in [2.05, 4.69) is 12.2 Å². The summed E-state index contributed by atoms with van der Waals surface area (Å²) in [5, 5.41) is 3.54. The van der Waals surface area contributed by atoms with Crippen molar-refractivity contribution < 1.29 is 9.47 Å². The summed E-state index contributed by atoms with van der Waals surface area (Å²) >= 11 is 0. The lowest BCUT2D eigenvalue weighted by Gasteiger charge is -2.15. The van der Waals surface area contributed by atoms with Gasteiger partial charge in [-0.25, -0.2) is 0 Å². The highest BCUT2D eigenvalue weighted by molar-refractivity contribution is 4.75. The molecule has 2 atom stereocenters. The lowest BCUT2D eigenvalue weighted by molar-refractivity contribution is 0.0694. The quantitative estimate of drug-likeness (QED) is 0.614. The minimum atomic E-state index is 0.701. The molecular formula is C13H27NO2. The highest BCUT2D eigenvalue weighted by atomic mass is 16.5. The molecule has 0 amide bonds. The molecular weight excluding hydrogens is 202 g/mol. The number of rotatable bonds is 9. The summed E-state index contributed by atoms with van der Waals surface area (Å²) in [4.78, 5) is 0. The normalized spacial score (nSPS) is 25.1. The van der Waals surface area contributed by atoms with Crippen LogP contribution in [0.15, 0.2) is 0 Å². The fourth-order valence-corrected chi connectivity index (χ4v) is 2.36. The SMILES string of the molecule is COCCOCCCNCC1CCCC1C. The average Bonchev–Trinajstić information content (AvgIpc) is 2.68. The number of hydrogen-bond acceptors (Lipinski definition) is 3. The van der Waals surface area contributed by atoms with Gasteiger partial charge in [0, 0.05) is 13.7 Å². The maximum absolute atomic E-state index is 5.40. The van der Waals surface area contributed by atoms with Crippen molar-refractivity contribution >= 4 is 0 Å². The van der Waals surface area contributed by atoms with Gasteiger partial charge in [-0.3, -0.25) is 0 Å². The Kier molecular flexibility index (Phi) is 7.81. The molecule has 1 aliphatic rings. The van der Waals surface area contributed by atoms with Crippen molar-refractivity contribution in [2.24, 2.45) is 11.8 Å². The fourth-order valence-electron chi connectivity index (χ4n) is 2.36. The average molecular weight is 229 g/mol. The van der Waals surface area contributed by atoms with Crippen LogP contribution in [0.4, 0.5) is 0 Å². The molecule has 16 heavy (non-hydrogen) atoms. The molecule has 3 nitrogen and oxygen atoms in total. The third-order valence-corrected chi connectivity index (χ3v) is 3.52. The molecule has 0 radical (unpaired) electrons. The molecule has 1 saturated carbocycles. The number of nitrogens with one attached hydrogen (secondary N) is 1. The van der Waals surface area contributed by atoms with E-state index in [1.54, 1.807) is 7.11 Å². The first-order chi connectivity index (χ1) is 7.84. The number of methoxy groups -OCH3 is 1. The molecule has 0 spiro atoms. The molecule has 2 unspecified atom stereocenters. The van der Waals surface area contributed by atoms with Crippen molar-refractivity contribution in [3.8, 4) is 0 Å². The van der Waals surface area contributed by atoms with E-state index in [1.165, 1.54) is 25.8 Å². The Labute approximate surface area is 99.9 Å². The highest BCUT2D eigenvalue weighted by Crippen LogP contribution is 2.30. The maximum Gasteiger partial charge on any atom is 0.0700 e. The molecule has 3 heteroatoms. The Morgan fingerprint density at radius 1 is 1.19 bits per heavy atom. The second-order valence-corrected chi connectivity index (χ2v) is 4.83. The molecule has 0 aromatic heterocycles. The zero-order valence-corrected chi connectivity index (χ0v) is 10.8. The van der Waals surface area contributed by atoms with E-state index in [9.17, 15) is 0 Å².